The van der Waals surface area contributed by atoms with Crippen LogP contribution in [0.4, 0.5) is 11.8 Å². The first kappa shape index (κ1) is 20.1. The SMILES string of the molecule is COc1ccc2cc(CN3CC(Nc4nccc(N5CCCCCC5)n4)C3)ccc2c1. The van der Waals surface area contributed by atoms with E-state index in [1.165, 1.54) is 42.0 Å². The first-order valence-corrected chi connectivity index (χ1v) is 11.4. The second kappa shape index (κ2) is 9.10. The van der Waals surface area contributed by atoms with Gasteiger partial charge in [-0.15, -0.1) is 0 Å². The van der Waals surface area contributed by atoms with Gasteiger partial charge in [-0.25, -0.2) is 4.98 Å². The number of fused-ring (bicyclic) bond motifs is 1. The average molecular weight is 418 g/mol. The maximum Gasteiger partial charge on any atom is 0.224 e. The van der Waals surface area contributed by atoms with Gasteiger partial charge in [0.25, 0.3) is 0 Å². The molecule has 2 aromatic carbocycles. The largest absolute Gasteiger partial charge is 0.497 e. The molecule has 2 aliphatic heterocycles. The zero-order valence-corrected chi connectivity index (χ0v) is 18.3. The van der Waals surface area contributed by atoms with Crippen molar-refractivity contribution in [3.8, 4) is 5.75 Å². The van der Waals surface area contributed by atoms with E-state index < -0.39 is 0 Å². The summed E-state index contributed by atoms with van der Waals surface area (Å²) >= 11 is 0. The molecule has 0 amide bonds. The van der Waals surface area contributed by atoms with Gasteiger partial charge in [-0.1, -0.05) is 31.0 Å². The highest BCUT2D eigenvalue weighted by atomic mass is 16.5. The minimum atomic E-state index is 0.407. The molecule has 0 aliphatic carbocycles. The van der Waals surface area contributed by atoms with Crippen molar-refractivity contribution in [2.24, 2.45) is 0 Å². The number of ether oxygens (including phenoxy) is 1. The number of anilines is 2. The zero-order valence-electron chi connectivity index (χ0n) is 18.3. The number of methoxy groups -OCH3 is 1. The highest BCUT2D eigenvalue weighted by Crippen LogP contribution is 2.24. The third kappa shape index (κ3) is 4.74. The topological polar surface area (TPSA) is 53.5 Å². The second-order valence-corrected chi connectivity index (χ2v) is 8.72. The van der Waals surface area contributed by atoms with Gasteiger partial charge in [-0.3, -0.25) is 4.90 Å². The maximum atomic E-state index is 5.32. The minimum absolute atomic E-state index is 0.407. The summed E-state index contributed by atoms with van der Waals surface area (Å²) in [6, 6.07) is 15.4. The van der Waals surface area contributed by atoms with E-state index in [2.05, 4.69) is 50.4 Å². The van der Waals surface area contributed by atoms with Crippen LogP contribution >= 0.6 is 0 Å². The molecule has 31 heavy (non-hydrogen) atoms. The van der Waals surface area contributed by atoms with Gasteiger partial charge in [0.05, 0.1) is 13.2 Å². The lowest BCUT2D eigenvalue weighted by Crippen LogP contribution is -2.54. The highest BCUT2D eigenvalue weighted by molar-refractivity contribution is 5.84. The van der Waals surface area contributed by atoms with E-state index in [0.29, 0.717) is 6.04 Å². The molecular weight excluding hydrogens is 386 g/mol. The molecule has 162 valence electrons. The van der Waals surface area contributed by atoms with Crippen molar-refractivity contribution in [1.82, 2.24) is 14.9 Å². The van der Waals surface area contributed by atoms with Crippen molar-refractivity contribution in [3.05, 3.63) is 54.2 Å². The van der Waals surface area contributed by atoms with Crippen LogP contribution in [0.2, 0.25) is 0 Å². The predicted octanol–water partition coefficient (Wildman–Crippen LogP) is 4.32. The molecule has 1 N–H and O–H groups in total. The number of aromatic nitrogens is 2. The summed E-state index contributed by atoms with van der Waals surface area (Å²) in [6.07, 6.45) is 7.06. The number of likely N-dealkylation sites (tertiary alicyclic amines) is 1. The molecule has 0 unspecified atom stereocenters. The second-order valence-electron chi connectivity index (χ2n) is 8.72. The van der Waals surface area contributed by atoms with Crippen molar-refractivity contribution in [1.29, 1.82) is 0 Å². The Bertz CT molecular complexity index is 1030. The summed E-state index contributed by atoms with van der Waals surface area (Å²) in [6.45, 7) is 5.20. The third-order valence-corrected chi connectivity index (χ3v) is 6.38. The number of nitrogens with one attached hydrogen (secondary N) is 1. The summed E-state index contributed by atoms with van der Waals surface area (Å²) < 4.78 is 5.32. The van der Waals surface area contributed by atoms with Crippen LogP contribution in [0, 0.1) is 0 Å². The summed E-state index contributed by atoms with van der Waals surface area (Å²) in [5.41, 5.74) is 1.34. The number of hydrogen-bond donors (Lipinski definition) is 1. The van der Waals surface area contributed by atoms with Crippen LogP contribution in [0.3, 0.4) is 0 Å². The van der Waals surface area contributed by atoms with Crippen LogP contribution in [-0.4, -0.2) is 54.2 Å². The molecule has 2 aliphatic rings. The third-order valence-electron chi connectivity index (χ3n) is 6.38. The van der Waals surface area contributed by atoms with Crippen molar-refractivity contribution < 1.29 is 4.74 Å². The predicted molar refractivity (Wildman–Crippen MR) is 126 cm³/mol. The monoisotopic (exact) mass is 417 g/mol. The lowest BCUT2D eigenvalue weighted by atomic mass is 10.0. The summed E-state index contributed by atoms with van der Waals surface area (Å²) in [5, 5.41) is 6.00. The lowest BCUT2D eigenvalue weighted by Gasteiger charge is -2.39. The number of benzene rings is 2. The Labute approximate surface area is 184 Å². The molecule has 6 heteroatoms. The highest BCUT2D eigenvalue weighted by Gasteiger charge is 2.27. The number of nitrogens with zero attached hydrogens (tertiary/aromatic N) is 4. The van der Waals surface area contributed by atoms with E-state index in [9.17, 15) is 0 Å². The van der Waals surface area contributed by atoms with Crippen LogP contribution in [0.5, 0.6) is 5.75 Å². The fraction of sp³-hybridized carbons (Fsp3) is 0.440. The standard InChI is InChI=1S/C25H31N5O/c1-31-23-9-8-20-14-19(6-7-21(20)15-23)16-29-17-22(18-29)27-25-26-11-10-24(28-25)30-12-4-2-3-5-13-30/h6-11,14-15,22H,2-5,12-13,16-18H2,1H3,(H,26,27,28). The number of hydrogen-bond acceptors (Lipinski definition) is 6. The Morgan fingerprint density at radius 3 is 2.55 bits per heavy atom. The van der Waals surface area contributed by atoms with Crippen LogP contribution in [0.25, 0.3) is 10.8 Å². The molecular formula is C25H31N5O. The van der Waals surface area contributed by atoms with Gasteiger partial charge >= 0.3 is 0 Å². The van der Waals surface area contributed by atoms with E-state index in [1.54, 1.807) is 7.11 Å². The van der Waals surface area contributed by atoms with Gasteiger partial charge in [0.1, 0.15) is 11.6 Å². The van der Waals surface area contributed by atoms with E-state index >= 15 is 0 Å². The molecule has 0 saturated carbocycles. The van der Waals surface area contributed by atoms with Gasteiger partial charge in [0.15, 0.2) is 0 Å². The molecule has 2 fully saturated rings. The van der Waals surface area contributed by atoms with Gasteiger partial charge in [0, 0.05) is 38.9 Å². The van der Waals surface area contributed by atoms with E-state index in [1.807, 2.05) is 18.3 Å². The average Bonchev–Trinajstić information content (AvgIpc) is 3.07. The van der Waals surface area contributed by atoms with Gasteiger partial charge < -0.3 is 15.0 Å². The van der Waals surface area contributed by atoms with Crippen LogP contribution in [-0.2, 0) is 6.54 Å². The summed E-state index contributed by atoms with van der Waals surface area (Å²) in [4.78, 5) is 14.1. The fourth-order valence-electron chi connectivity index (χ4n) is 4.62. The zero-order chi connectivity index (χ0) is 21.0. The first-order valence-electron chi connectivity index (χ1n) is 11.4. The Hall–Kier alpha value is -2.86. The Morgan fingerprint density at radius 2 is 1.74 bits per heavy atom. The van der Waals surface area contributed by atoms with E-state index in [0.717, 1.165) is 50.2 Å². The quantitative estimate of drug-likeness (QED) is 0.645. The van der Waals surface area contributed by atoms with E-state index in [-0.39, 0.29) is 0 Å². The molecule has 6 nitrogen and oxygen atoms in total. The van der Waals surface area contributed by atoms with Crippen molar-refractivity contribution in [2.45, 2.75) is 38.3 Å². The molecule has 0 bridgehead atoms. The Kier molecular flexibility index (Phi) is 5.89. The summed E-state index contributed by atoms with van der Waals surface area (Å²) in [5.74, 6) is 2.72. The lowest BCUT2D eigenvalue weighted by molar-refractivity contribution is 0.153. The molecule has 0 radical (unpaired) electrons. The summed E-state index contributed by atoms with van der Waals surface area (Å²) in [7, 11) is 1.71. The van der Waals surface area contributed by atoms with Crippen LogP contribution in [0.15, 0.2) is 48.7 Å². The van der Waals surface area contributed by atoms with Crippen molar-refractivity contribution >= 4 is 22.5 Å². The van der Waals surface area contributed by atoms with Gasteiger partial charge in [-0.05, 0) is 53.4 Å². The normalized spacial score (nSPS) is 17.9. The molecule has 3 heterocycles. The Balaban J connectivity index is 1.15. The van der Waals surface area contributed by atoms with E-state index in [4.69, 9.17) is 9.72 Å². The Morgan fingerprint density at radius 1 is 0.968 bits per heavy atom. The first-order chi connectivity index (χ1) is 15.3. The molecule has 0 spiro atoms. The smallest absolute Gasteiger partial charge is 0.224 e. The van der Waals surface area contributed by atoms with Gasteiger partial charge in [-0.2, -0.15) is 4.98 Å². The minimum Gasteiger partial charge on any atom is -0.497 e. The van der Waals surface area contributed by atoms with Crippen LogP contribution < -0.4 is 15.0 Å². The molecule has 1 aromatic heterocycles. The molecule has 0 atom stereocenters. The van der Waals surface area contributed by atoms with Crippen molar-refractivity contribution in [2.75, 3.05) is 43.5 Å². The van der Waals surface area contributed by atoms with Crippen LogP contribution in [0.1, 0.15) is 31.2 Å². The molecule has 5 rings (SSSR count). The molecule has 2 saturated heterocycles. The van der Waals surface area contributed by atoms with Gasteiger partial charge in [0.2, 0.25) is 5.95 Å². The molecule has 3 aromatic rings. The number of rotatable bonds is 6. The fourth-order valence-corrected chi connectivity index (χ4v) is 4.62. The van der Waals surface area contributed by atoms with Crippen molar-refractivity contribution in [3.63, 3.8) is 0 Å². The maximum absolute atomic E-state index is 5.32.